The average molecular weight is 391 g/mol. The van der Waals surface area contributed by atoms with Crippen LogP contribution in [0.4, 0.5) is 4.39 Å². The van der Waals surface area contributed by atoms with Crippen LogP contribution in [0.2, 0.25) is 0 Å². The minimum Gasteiger partial charge on any atom is -0.472 e. The molecular formula is C21H26FNO5. The van der Waals surface area contributed by atoms with Gasteiger partial charge in [-0.25, -0.2) is 4.39 Å². The Hall–Kier alpha value is -1.99. The normalized spacial score (nSPS) is 34.1. The van der Waals surface area contributed by atoms with E-state index in [9.17, 15) is 14.5 Å². The largest absolute Gasteiger partial charge is 0.472 e. The standard InChI is InChI=1S/C21H26FNO5/c1-2-3-8-27-21-17-12-26-11-16-19(17)14(10-28-21)9-18(23(24)25)20(16)13-4-6-15(22)7-5-13/h4-7,10,16-21H,2-3,8-9,11-12H2,1H3/t16-,17-,18-,19-,20+,21-/m1/s1. The molecule has 0 bridgehead atoms. The molecule has 4 rings (SSSR count). The molecule has 0 amide bonds. The van der Waals surface area contributed by atoms with Crippen molar-refractivity contribution in [2.75, 3.05) is 19.8 Å². The fraction of sp³-hybridized carbons (Fsp3) is 0.619. The average Bonchev–Trinajstić information content (AvgIpc) is 2.70. The number of rotatable bonds is 6. The molecule has 7 heteroatoms. The summed E-state index contributed by atoms with van der Waals surface area (Å²) in [6.45, 7) is 3.70. The van der Waals surface area contributed by atoms with Gasteiger partial charge >= 0.3 is 0 Å². The Labute approximate surface area is 163 Å². The van der Waals surface area contributed by atoms with Crippen LogP contribution in [-0.4, -0.2) is 37.1 Å². The third kappa shape index (κ3) is 3.53. The van der Waals surface area contributed by atoms with Crippen LogP contribution < -0.4 is 0 Å². The highest BCUT2D eigenvalue weighted by atomic mass is 19.1. The molecule has 0 unspecified atom stereocenters. The van der Waals surface area contributed by atoms with Gasteiger partial charge in [0, 0.05) is 23.2 Å². The lowest BCUT2D eigenvalue weighted by molar-refractivity contribution is -0.531. The summed E-state index contributed by atoms with van der Waals surface area (Å²) in [6, 6.07) is 5.31. The second kappa shape index (κ2) is 8.17. The van der Waals surface area contributed by atoms with E-state index < -0.39 is 6.04 Å². The van der Waals surface area contributed by atoms with Crippen molar-refractivity contribution in [1.82, 2.24) is 0 Å². The molecule has 1 aliphatic carbocycles. The highest BCUT2D eigenvalue weighted by Crippen LogP contribution is 2.52. The maximum absolute atomic E-state index is 13.4. The summed E-state index contributed by atoms with van der Waals surface area (Å²) in [7, 11) is 0. The first-order valence-corrected chi connectivity index (χ1v) is 10.0. The Kier molecular flexibility index (Phi) is 5.64. The fourth-order valence-electron chi connectivity index (χ4n) is 5.03. The Morgan fingerprint density at radius 3 is 2.68 bits per heavy atom. The lowest BCUT2D eigenvalue weighted by Gasteiger charge is -2.50. The maximum atomic E-state index is 13.4. The molecule has 0 radical (unpaired) electrons. The zero-order valence-electron chi connectivity index (χ0n) is 16.0. The van der Waals surface area contributed by atoms with Gasteiger partial charge in [-0.3, -0.25) is 10.1 Å². The zero-order valence-corrected chi connectivity index (χ0v) is 16.0. The molecule has 152 valence electrons. The number of halogens is 1. The van der Waals surface area contributed by atoms with Crippen LogP contribution in [0.15, 0.2) is 36.1 Å². The first-order valence-electron chi connectivity index (χ1n) is 10.0. The molecule has 1 aromatic carbocycles. The number of ether oxygens (including phenoxy) is 3. The van der Waals surface area contributed by atoms with Gasteiger partial charge in [-0.2, -0.15) is 0 Å². The van der Waals surface area contributed by atoms with Crippen LogP contribution in [0.1, 0.15) is 37.7 Å². The highest BCUT2D eigenvalue weighted by molar-refractivity contribution is 5.29. The summed E-state index contributed by atoms with van der Waals surface area (Å²) in [5, 5.41) is 11.9. The van der Waals surface area contributed by atoms with E-state index in [0.29, 0.717) is 26.2 Å². The molecule has 0 aromatic heterocycles. The Balaban J connectivity index is 1.66. The summed E-state index contributed by atoms with van der Waals surface area (Å²) >= 11 is 0. The highest BCUT2D eigenvalue weighted by Gasteiger charge is 2.55. The number of hydrogen-bond donors (Lipinski definition) is 0. The SMILES string of the molecule is CCCCO[C@@H]1OC=C2C[C@@H]([N+](=O)[O-])[C@@H](c3ccc(F)cc3)[C@@H]3COC[C@@H]1[C@H]23. The van der Waals surface area contributed by atoms with Gasteiger partial charge in [0.2, 0.25) is 12.3 Å². The van der Waals surface area contributed by atoms with Gasteiger partial charge in [-0.05, 0) is 29.7 Å². The number of unbranched alkanes of at least 4 members (excludes halogenated alkanes) is 1. The van der Waals surface area contributed by atoms with E-state index in [1.54, 1.807) is 18.4 Å². The van der Waals surface area contributed by atoms with E-state index in [2.05, 4.69) is 6.92 Å². The van der Waals surface area contributed by atoms with Gasteiger partial charge < -0.3 is 14.2 Å². The summed E-state index contributed by atoms with van der Waals surface area (Å²) in [5.74, 6) is -0.576. The molecule has 28 heavy (non-hydrogen) atoms. The molecule has 1 saturated heterocycles. The van der Waals surface area contributed by atoms with Gasteiger partial charge in [-0.1, -0.05) is 25.5 Å². The predicted octanol–water partition coefficient (Wildman–Crippen LogP) is 3.89. The topological polar surface area (TPSA) is 70.8 Å². The van der Waals surface area contributed by atoms with E-state index >= 15 is 0 Å². The molecule has 0 spiro atoms. The van der Waals surface area contributed by atoms with E-state index in [0.717, 1.165) is 24.0 Å². The van der Waals surface area contributed by atoms with Gasteiger partial charge in [0.05, 0.1) is 37.9 Å². The Bertz CT molecular complexity index is 737. The summed E-state index contributed by atoms with van der Waals surface area (Å²) in [6.07, 6.45) is 3.64. The van der Waals surface area contributed by atoms with Crippen molar-refractivity contribution in [1.29, 1.82) is 0 Å². The van der Waals surface area contributed by atoms with E-state index in [1.165, 1.54) is 12.1 Å². The van der Waals surface area contributed by atoms with Gasteiger partial charge in [0.25, 0.3) is 0 Å². The number of hydrogen-bond acceptors (Lipinski definition) is 5. The molecule has 3 aliphatic rings. The number of nitrogens with zero attached hydrogens (tertiary/aromatic N) is 1. The first kappa shape index (κ1) is 19.3. The molecule has 2 fully saturated rings. The van der Waals surface area contributed by atoms with Gasteiger partial charge in [-0.15, -0.1) is 0 Å². The molecule has 1 aromatic rings. The van der Waals surface area contributed by atoms with E-state index in [-0.39, 0.29) is 40.7 Å². The second-order valence-corrected chi connectivity index (χ2v) is 7.95. The van der Waals surface area contributed by atoms with Crippen molar-refractivity contribution in [3.63, 3.8) is 0 Å². The van der Waals surface area contributed by atoms with Crippen LogP contribution in [0.3, 0.4) is 0 Å². The maximum Gasteiger partial charge on any atom is 0.224 e. The fourth-order valence-corrected chi connectivity index (χ4v) is 5.03. The van der Waals surface area contributed by atoms with Crippen molar-refractivity contribution in [2.45, 2.75) is 44.4 Å². The van der Waals surface area contributed by atoms with Crippen molar-refractivity contribution in [3.05, 3.63) is 57.6 Å². The van der Waals surface area contributed by atoms with E-state index in [1.807, 2.05) is 0 Å². The zero-order chi connectivity index (χ0) is 19.7. The van der Waals surface area contributed by atoms with Crippen LogP contribution in [-0.2, 0) is 14.2 Å². The molecule has 2 heterocycles. The van der Waals surface area contributed by atoms with Crippen LogP contribution >= 0.6 is 0 Å². The minimum atomic E-state index is -0.776. The van der Waals surface area contributed by atoms with Crippen LogP contribution in [0.25, 0.3) is 0 Å². The summed E-state index contributed by atoms with van der Waals surface area (Å²) in [5.41, 5.74) is 1.78. The quantitative estimate of drug-likeness (QED) is 0.418. The smallest absolute Gasteiger partial charge is 0.224 e. The monoisotopic (exact) mass is 391 g/mol. The third-order valence-electron chi connectivity index (χ3n) is 6.30. The lowest BCUT2D eigenvalue weighted by atomic mass is 9.60. The van der Waals surface area contributed by atoms with Crippen molar-refractivity contribution in [3.8, 4) is 0 Å². The van der Waals surface area contributed by atoms with Gasteiger partial charge in [0.1, 0.15) is 5.82 Å². The minimum absolute atomic E-state index is 0.0197. The molecule has 6 nitrogen and oxygen atoms in total. The summed E-state index contributed by atoms with van der Waals surface area (Å²) < 4.78 is 31.1. The molecule has 2 aliphatic heterocycles. The third-order valence-corrected chi connectivity index (χ3v) is 6.30. The number of nitro groups is 1. The summed E-state index contributed by atoms with van der Waals surface area (Å²) in [4.78, 5) is 11.7. The Morgan fingerprint density at radius 1 is 1.21 bits per heavy atom. The van der Waals surface area contributed by atoms with Crippen LogP contribution in [0.5, 0.6) is 0 Å². The van der Waals surface area contributed by atoms with Crippen molar-refractivity contribution >= 4 is 0 Å². The van der Waals surface area contributed by atoms with Gasteiger partial charge in [0.15, 0.2) is 0 Å². The van der Waals surface area contributed by atoms with Crippen molar-refractivity contribution < 1.29 is 23.5 Å². The van der Waals surface area contributed by atoms with Crippen molar-refractivity contribution in [2.24, 2.45) is 17.8 Å². The first-order chi connectivity index (χ1) is 13.6. The molecule has 6 atom stereocenters. The lowest BCUT2D eigenvalue weighted by Crippen LogP contribution is -2.54. The number of benzene rings is 1. The Morgan fingerprint density at radius 2 is 1.96 bits per heavy atom. The second-order valence-electron chi connectivity index (χ2n) is 7.95. The van der Waals surface area contributed by atoms with Crippen LogP contribution in [0, 0.1) is 33.7 Å². The molecule has 1 saturated carbocycles. The molecular weight excluding hydrogens is 365 g/mol. The molecule has 0 N–H and O–H groups in total. The predicted molar refractivity (Wildman–Crippen MR) is 99.6 cm³/mol. The van der Waals surface area contributed by atoms with E-state index in [4.69, 9.17) is 14.2 Å².